The Labute approximate surface area is 110 Å². The van der Waals surface area contributed by atoms with E-state index in [1.807, 2.05) is 13.8 Å². The van der Waals surface area contributed by atoms with Crippen molar-refractivity contribution >= 4 is 5.97 Å². The predicted molar refractivity (Wildman–Crippen MR) is 67.0 cm³/mol. The lowest BCUT2D eigenvalue weighted by molar-refractivity contribution is -0.144. The van der Waals surface area contributed by atoms with Crippen molar-refractivity contribution < 1.29 is 14.1 Å². The van der Waals surface area contributed by atoms with Gasteiger partial charge in [0.1, 0.15) is 6.42 Å². The summed E-state index contributed by atoms with van der Waals surface area (Å²) in [5.74, 6) is 0.632. The molecule has 0 fully saturated rings. The van der Waals surface area contributed by atoms with Crippen molar-refractivity contribution in [1.29, 1.82) is 0 Å². The van der Waals surface area contributed by atoms with Gasteiger partial charge in [-0.25, -0.2) is 0 Å². The standard InChI is InChI=1S/C13H15N3O3/c1-9(2)8-18-12(17)7-11-15-13(16-19-11)10-3-5-14-6-4-10/h3-6,9H,7-8H2,1-2H3. The lowest BCUT2D eigenvalue weighted by Crippen LogP contribution is -2.12. The molecule has 0 saturated carbocycles. The van der Waals surface area contributed by atoms with Crippen LogP contribution in [0.4, 0.5) is 0 Å². The van der Waals surface area contributed by atoms with Crippen LogP contribution in [0.2, 0.25) is 0 Å². The van der Waals surface area contributed by atoms with Crippen molar-refractivity contribution in [2.45, 2.75) is 20.3 Å². The Balaban J connectivity index is 1.96. The summed E-state index contributed by atoms with van der Waals surface area (Å²) in [6.07, 6.45) is 3.27. The van der Waals surface area contributed by atoms with Crippen LogP contribution in [-0.4, -0.2) is 27.7 Å². The van der Waals surface area contributed by atoms with E-state index in [9.17, 15) is 4.79 Å². The van der Waals surface area contributed by atoms with E-state index in [4.69, 9.17) is 9.26 Å². The highest BCUT2D eigenvalue weighted by molar-refractivity contribution is 5.71. The second-order valence-electron chi connectivity index (χ2n) is 4.50. The number of nitrogens with zero attached hydrogens (tertiary/aromatic N) is 3. The summed E-state index contributed by atoms with van der Waals surface area (Å²) in [7, 11) is 0. The zero-order chi connectivity index (χ0) is 13.7. The van der Waals surface area contributed by atoms with E-state index in [0.717, 1.165) is 5.56 Å². The molecule has 0 saturated heterocycles. The zero-order valence-electron chi connectivity index (χ0n) is 10.9. The van der Waals surface area contributed by atoms with Gasteiger partial charge >= 0.3 is 5.97 Å². The second kappa shape index (κ2) is 6.08. The molecular weight excluding hydrogens is 246 g/mol. The Hall–Kier alpha value is -2.24. The average molecular weight is 261 g/mol. The summed E-state index contributed by atoms with van der Waals surface area (Å²) in [5, 5.41) is 3.81. The predicted octanol–water partition coefficient (Wildman–Crippen LogP) is 1.87. The Bertz CT molecular complexity index is 537. The first-order valence-corrected chi connectivity index (χ1v) is 6.03. The molecule has 0 atom stereocenters. The second-order valence-corrected chi connectivity index (χ2v) is 4.50. The van der Waals surface area contributed by atoms with Crippen molar-refractivity contribution in [2.24, 2.45) is 5.92 Å². The Morgan fingerprint density at radius 1 is 1.37 bits per heavy atom. The number of hydrogen-bond donors (Lipinski definition) is 0. The quantitative estimate of drug-likeness (QED) is 0.764. The van der Waals surface area contributed by atoms with Gasteiger partial charge < -0.3 is 9.26 Å². The van der Waals surface area contributed by atoms with E-state index < -0.39 is 0 Å². The molecular formula is C13H15N3O3. The molecule has 0 aliphatic carbocycles. The van der Waals surface area contributed by atoms with Crippen molar-refractivity contribution in [1.82, 2.24) is 15.1 Å². The number of esters is 1. The summed E-state index contributed by atoms with van der Waals surface area (Å²) in [4.78, 5) is 19.6. The molecule has 100 valence electrons. The van der Waals surface area contributed by atoms with Crippen LogP contribution in [0, 0.1) is 5.92 Å². The highest BCUT2D eigenvalue weighted by atomic mass is 16.5. The van der Waals surface area contributed by atoms with Gasteiger partial charge in [-0.15, -0.1) is 0 Å². The van der Waals surface area contributed by atoms with Crippen LogP contribution in [0.1, 0.15) is 19.7 Å². The molecule has 0 bridgehead atoms. The minimum atomic E-state index is -0.362. The van der Waals surface area contributed by atoms with Crippen LogP contribution in [0.15, 0.2) is 29.0 Å². The average Bonchev–Trinajstić information content (AvgIpc) is 2.86. The Morgan fingerprint density at radius 2 is 2.11 bits per heavy atom. The molecule has 6 nitrogen and oxygen atoms in total. The first kappa shape index (κ1) is 13.2. The third-order valence-corrected chi connectivity index (χ3v) is 2.28. The number of pyridine rings is 1. The van der Waals surface area contributed by atoms with E-state index in [2.05, 4.69) is 15.1 Å². The molecule has 6 heteroatoms. The van der Waals surface area contributed by atoms with Gasteiger partial charge in [0, 0.05) is 18.0 Å². The summed E-state index contributed by atoms with van der Waals surface area (Å²) in [6.45, 7) is 4.34. The monoisotopic (exact) mass is 261 g/mol. The first-order chi connectivity index (χ1) is 9.15. The minimum absolute atomic E-state index is 0.00912. The van der Waals surface area contributed by atoms with E-state index in [1.165, 1.54) is 0 Å². The zero-order valence-corrected chi connectivity index (χ0v) is 10.9. The third-order valence-electron chi connectivity index (χ3n) is 2.28. The fourth-order valence-corrected chi connectivity index (χ4v) is 1.38. The van der Waals surface area contributed by atoms with Crippen LogP contribution in [0.3, 0.4) is 0 Å². The largest absolute Gasteiger partial charge is 0.465 e. The van der Waals surface area contributed by atoms with Crippen molar-refractivity contribution in [3.05, 3.63) is 30.4 Å². The molecule has 2 rings (SSSR count). The molecule has 0 amide bonds. The smallest absolute Gasteiger partial charge is 0.315 e. The molecule has 2 aromatic rings. The maximum Gasteiger partial charge on any atom is 0.315 e. The van der Waals surface area contributed by atoms with Gasteiger partial charge in [0.05, 0.1) is 6.61 Å². The number of rotatable bonds is 5. The molecule has 0 spiro atoms. The van der Waals surface area contributed by atoms with Crippen LogP contribution in [0.25, 0.3) is 11.4 Å². The summed E-state index contributed by atoms with van der Waals surface area (Å²) < 4.78 is 10.1. The lowest BCUT2D eigenvalue weighted by atomic mass is 10.2. The number of carbonyl (C=O) groups excluding carboxylic acids is 1. The molecule has 0 N–H and O–H groups in total. The third kappa shape index (κ3) is 3.87. The van der Waals surface area contributed by atoms with Crippen molar-refractivity contribution in [2.75, 3.05) is 6.61 Å². The van der Waals surface area contributed by atoms with E-state index >= 15 is 0 Å². The van der Waals surface area contributed by atoms with E-state index in [-0.39, 0.29) is 18.3 Å². The number of ether oxygens (including phenoxy) is 1. The van der Waals surface area contributed by atoms with Gasteiger partial charge in [-0.2, -0.15) is 4.98 Å². The SMILES string of the molecule is CC(C)COC(=O)Cc1nc(-c2ccncc2)no1. The first-order valence-electron chi connectivity index (χ1n) is 6.03. The van der Waals surface area contributed by atoms with Crippen LogP contribution < -0.4 is 0 Å². The topological polar surface area (TPSA) is 78.1 Å². The number of aromatic nitrogens is 3. The summed E-state index contributed by atoms with van der Waals surface area (Å²) in [6, 6.07) is 3.54. The molecule has 19 heavy (non-hydrogen) atoms. The lowest BCUT2D eigenvalue weighted by Gasteiger charge is -2.04. The molecule has 2 heterocycles. The maximum atomic E-state index is 11.5. The highest BCUT2D eigenvalue weighted by Crippen LogP contribution is 2.14. The fraction of sp³-hybridized carbons (Fsp3) is 0.385. The van der Waals surface area contributed by atoms with Gasteiger partial charge in [0.2, 0.25) is 11.7 Å². The van der Waals surface area contributed by atoms with Gasteiger partial charge in [0.25, 0.3) is 0 Å². The highest BCUT2D eigenvalue weighted by Gasteiger charge is 2.13. The fourth-order valence-electron chi connectivity index (χ4n) is 1.38. The van der Waals surface area contributed by atoms with Gasteiger partial charge in [0.15, 0.2) is 0 Å². The van der Waals surface area contributed by atoms with Crippen molar-refractivity contribution in [3.63, 3.8) is 0 Å². The van der Waals surface area contributed by atoms with Gasteiger partial charge in [-0.1, -0.05) is 19.0 Å². The van der Waals surface area contributed by atoms with Crippen LogP contribution in [0.5, 0.6) is 0 Å². The van der Waals surface area contributed by atoms with Crippen molar-refractivity contribution in [3.8, 4) is 11.4 Å². The molecule has 0 aliphatic rings. The summed E-state index contributed by atoms with van der Waals surface area (Å²) >= 11 is 0. The van der Waals surface area contributed by atoms with E-state index in [0.29, 0.717) is 18.3 Å². The van der Waals surface area contributed by atoms with Crippen LogP contribution >= 0.6 is 0 Å². The molecule has 2 aromatic heterocycles. The molecule has 0 unspecified atom stereocenters. The number of carbonyl (C=O) groups is 1. The number of hydrogen-bond acceptors (Lipinski definition) is 6. The van der Waals surface area contributed by atoms with Gasteiger partial charge in [-0.05, 0) is 18.1 Å². The van der Waals surface area contributed by atoms with E-state index in [1.54, 1.807) is 24.5 Å². The van der Waals surface area contributed by atoms with Gasteiger partial charge in [-0.3, -0.25) is 9.78 Å². The molecule has 0 aliphatic heterocycles. The Morgan fingerprint density at radius 3 is 2.79 bits per heavy atom. The molecule has 0 aromatic carbocycles. The Kier molecular flexibility index (Phi) is 4.22. The molecule has 0 radical (unpaired) electrons. The maximum absolute atomic E-state index is 11.5. The normalized spacial score (nSPS) is 10.7. The minimum Gasteiger partial charge on any atom is -0.465 e. The summed E-state index contributed by atoms with van der Waals surface area (Å²) in [5.41, 5.74) is 0.792. The van der Waals surface area contributed by atoms with Crippen LogP contribution in [-0.2, 0) is 16.0 Å².